The third-order valence-electron chi connectivity index (χ3n) is 7.93. The molecule has 7 nitrogen and oxygen atoms in total. The number of aliphatic hydroxyl groups is 1. The molecule has 2 amide bonds. The first-order valence-electron chi connectivity index (χ1n) is 12.6. The molecule has 2 heterocycles. The van der Waals surface area contributed by atoms with Gasteiger partial charge in [-0.05, 0) is 24.8 Å². The number of alkyl halides is 3. The molecule has 1 aromatic carbocycles. The Bertz CT molecular complexity index is 1210. The monoisotopic (exact) mass is 519 g/mol. The molecule has 1 unspecified atom stereocenters. The molecule has 10 heteroatoms. The van der Waals surface area contributed by atoms with E-state index in [0.717, 1.165) is 12.8 Å². The lowest BCUT2D eigenvalue weighted by Crippen LogP contribution is -2.62. The summed E-state index contributed by atoms with van der Waals surface area (Å²) in [6.07, 6.45) is -1.77. The zero-order chi connectivity index (χ0) is 26.8. The molecule has 0 bridgehead atoms. The van der Waals surface area contributed by atoms with E-state index >= 15 is 0 Å². The third-order valence-corrected chi connectivity index (χ3v) is 7.93. The van der Waals surface area contributed by atoms with Crippen LogP contribution in [0.1, 0.15) is 55.3 Å². The molecule has 0 radical (unpaired) electrons. The number of hydrogen-bond donors (Lipinski definition) is 2. The number of nitrogens with zero attached hydrogens (tertiary/aromatic N) is 2. The van der Waals surface area contributed by atoms with Crippen molar-refractivity contribution in [1.82, 2.24) is 14.8 Å². The first-order chi connectivity index (χ1) is 17.5. The minimum absolute atomic E-state index is 0.0739. The van der Waals surface area contributed by atoms with Crippen LogP contribution in [0.4, 0.5) is 13.2 Å². The highest BCUT2D eigenvalue weighted by atomic mass is 19.4. The molecule has 1 saturated carbocycles. The number of hydrogen-bond acceptors (Lipinski definition) is 4. The molecule has 1 spiro atoms. The molecule has 200 valence electrons. The predicted molar refractivity (Wildman–Crippen MR) is 132 cm³/mol. The van der Waals surface area contributed by atoms with E-state index < -0.39 is 35.9 Å². The van der Waals surface area contributed by atoms with Crippen molar-refractivity contribution in [2.45, 2.75) is 63.3 Å². The number of benzene rings is 1. The van der Waals surface area contributed by atoms with Crippen LogP contribution in [-0.2, 0) is 11.3 Å². The van der Waals surface area contributed by atoms with Crippen molar-refractivity contribution in [2.24, 2.45) is 5.41 Å². The highest BCUT2D eigenvalue weighted by molar-refractivity contribution is 6.00. The maximum atomic E-state index is 13.2. The maximum Gasteiger partial charge on any atom is 0.389 e. The number of aromatic nitrogens is 1. The SMILES string of the molecule is CNC(=O)c1cn(CC2(O)CCN(C(=O)CCC(F)(F)F)CC23CCCC3)c(=O)cc1-c1ccccc1. The molecule has 4 rings (SSSR count). The number of pyridine rings is 1. The number of nitrogens with one attached hydrogen (secondary N) is 1. The second kappa shape index (κ2) is 10.3. The summed E-state index contributed by atoms with van der Waals surface area (Å²) in [5.74, 6) is -0.947. The Morgan fingerprint density at radius 1 is 1.11 bits per heavy atom. The fourth-order valence-corrected chi connectivity index (χ4v) is 5.87. The van der Waals surface area contributed by atoms with Crippen LogP contribution in [0.2, 0.25) is 0 Å². The lowest BCUT2D eigenvalue weighted by atomic mass is 9.65. The summed E-state index contributed by atoms with van der Waals surface area (Å²) in [5, 5.41) is 14.6. The van der Waals surface area contributed by atoms with Crippen LogP contribution < -0.4 is 10.9 Å². The highest BCUT2D eigenvalue weighted by Crippen LogP contribution is 2.51. The van der Waals surface area contributed by atoms with Gasteiger partial charge >= 0.3 is 6.18 Å². The van der Waals surface area contributed by atoms with Crippen LogP contribution in [0, 0.1) is 5.41 Å². The molecule has 1 aromatic heterocycles. The van der Waals surface area contributed by atoms with Gasteiger partial charge in [-0.3, -0.25) is 14.4 Å². The van der Waals surface area contributed by atoms with Gasteiger partial charge in [0.1, 0.15) is 0 Å². The van der Waals surface area contributed by atoms with Crippen molar-refractivity contribution < 1.29 is 27.9 Å². The smallest absolute Gasteiger partial charge is 0.387 e. The zero-order valence-electron chi connectivity index (χ0n) is 20.8. The van der Waals surface area contributed by atoms with Gasteiger partial charge in [-0.2, -0.15) is 13.2 Å². The van der Waals surface area contributed by atoms with Crippen molar-refractivity contribution in [1.29, 1.82) is 0 Å². The van der Waals surface area contributed by atoms with Gasteiger partial charge in [-0.15, -0.1) is 0 Å². The number of carbonyl (C=O) groups excluding carboxylic acids is 2. The zero-order valence-corrected chi connectivity index (χ0v) is 20.8. The van der Waals surface area contributed by atoms with Crippen molar-refractivity contribution in [3.8, 4) is 11.1 Å². The quantitative estimate of drug-likeness (QED) is 0.608. The van der Waals surface area contributed by atoms with Gasteiger partial charge < -0.3 is 19.9 Å². The predicted octanol–water partition coefficient (Wildman–Crippen LogP) is 3.74. The summed E-state index contributed by atoms with van der Waals surface area (Å²) in [7, 11) is 1.50. The van der Waals surface area contributed by atoms with E-state index in [4.69, 9.17) is 0 Å². The number of piperidine rings is 1. The van der Waals surface area contributed by atoms with Gasteiger partial charge in [-0.1, -0.05) is 43.2 Å². The van der Waals surface area contributed by atoms with E-state index in [9.17, 15) is 32.7 Å². The van der Waals surface area contributed by atoms with Crippen LogP contribution in [-0.4, -0.2) is 58.3 Å². The van der Waals surface area contributed by atoms with Gasteiger partial charge in [0.05, 0.1) is 24.1 Å². The fourth-order valence-electron chi connectivity index (χ4n) is 5.87. The van der Waals surface area contributed by atoms with Crippen LogP contribution in [0.3, 0.4) is 0 Å². The second-order valence-electron chi connectivity index (χ2n) is 10.2. The minimum atomic E-state index is -4.41. The maximum absolute atomic E-state index is 13.2. The molecule has 1 saturated heterocycles. The molecule has 2 fully saturated rings. The van der Waals surface area contributed by atoms with Crippen LogP contribution in [0.25, 0.3) is 11.1 Å². The van der Waals surface area contributed by atoms with Crippen molar-refractivity contribution in [2.75, 3.05) is 20.1 Å². The van der Waals surface area contributed by atoms with Gasteiger partial charge in [-0.25, -0.2) is 0 Å². The molecule has 1 aliphatic carbocycles. The van der Waals surface area contributed by atoms with Crippen LogP contribution >= 0.6 is 0 Å². The van der Waals surface area contributed by atoms with Gasteiger partial charge in [0, 0.05) is 49.8 Å². The molecule has 2 N–H and O–H groups in total. The number of carbonyl (C=O) groups is 2. The van der Waals surface area contributed by atoms with Gasteiger partial charge in [0.25, 0.3) is 11.5 Å². The van der Waals surface area contributed by atoms with E-state index in [1.165, 1.54) is 28.8 Å². The summed E-state index contributed by atoms with van der Waals surface area (Å²) >= 11 is 0. The number of halogens is 3. The van der Waals surface area contributed by atoms with Crippen molar-refractivity contribution >= 4 is 11.8 Å². The topological polar surface area (TPSA) is 91.6 Å². The fraction of sp³-hybridized carbons (Fsp3) is 0.519. The summed E-state index contributed by atoms with van der Waals surface area (Å²) in [5.41, 5.74) is -0.989. The summed E-state index contributed by atoms with van der Waals surface area (Å²) in [6.45, 7) is 0.183. The highest BCUT2D eigenvalue weighted by Gasteiger charge is 2.55. The van der Waals surface area contributed by atoms with Crippen molar-refractivity contribution in [3.05, 3.63) is 58.5 Å². The van der Waals surface area contributed by atoms with E-state index in [1.807, 2.05) is 18.2 Å². The van der Waals surface area contributed by atoms with E-state index in [1.54, 1.807) is 12.1 Å². The average Bonchev–Trinajstić information content (AvgIpc) is 3.35. The number of amides is 2. The Balaban J connectivity index is 1.64. The molecular formula is C27H32F3N3O4. The second-order valence-corrected chi connectivity index (χ2v) is 10.2. The average molecular weight is 520 g/mol. The molecule has 1 atom stereocenters. The normalized spacial score (nSPS) is 21.3. The third kappa shape index (κ3) is 5.58. The number of rotatable bonds is 6. The minimum Gasteiger partial charge on any atom is -0.387 e. The molecule has 1 aliphatic heterocycles. The first kappa shape index (κ1) is 26.9. The van der Waals surface area contributed by atoms with Gasteiger partial charge in [0.2, 0.25) is 5.91 Å². The first-order valence-corrected chi connectivity index (χ1v) is 12.6. The Hall–Kier alpha value is -3.14. The molecule has 37 heavy (non-hydrogen) atoms. The van der Waals surface area contributed by atoms with E-state index in [0.29, 0.717) is 24.0 Å². The Morgan fingerprint density at radius 2 is 1.78 bits per heavy atom. The Labute approximate surface area is 213 Å². The Kier molecular flexibility index (Phi) is 7.50. The van der Waals surface area contributed by atoms with Gasteiger partial charge in [0.15, 0.2) is 0 Å². The molecular weight excluding hydrogens is 487 g/mol. The standard InChI is InChI=1S/C27H32F3N3O4/c1-31-24(36)21-16-33(23(35)15-20(21)19-7-3-2-4-8-19)18-26(37)13-14-32(17-25(26)10-5-6-11-25)22(34)9-12-27(28,29)30/h2-4,7-8,15-16,37H,5-6,9-14,17-18H2,1H3,(H,31,36). The Morgan fingerprint density at radius 3 is 2.41 bits per heavy atom. The molecule has 2 aromatic rings. The van der Waals surface area contributed by atoms with E-state index in [-0.39, 0.29) is 43.1 Å². The summed E-state index contributed by atoms with van der Waals surface area (Å²) in [4.78, 5) is 39.9. The lowest BCUT2D eigenvalue weighted by Gasteiger charge is -2.52. The lowest BCUT2D eigenvalue weighted by molar-refractivity contribution is -0.166. The molecule has 2 aliphatic rings. The van der Waals surface area contributed by atoms with Crippen molar-refractivity contribution in [3.63, 3.8) is 0 Å². The largest absolute Gasteiger partial charge is 0.389 e. The summed E-state index contributed by atoms with van der Waals surface area (Å²) < 4.78 is 39.3. The number of likely N-dealkylation sites (tertiary alicyclic amines) is 1. The van der Waals surface area contributed by atoms with Crippen LogP contribution in [0.15, 0.2) is 47.4 Å². The van der Waals surface area contributed by atoms with E-state index in [2.05, 4.69) is 5.32 Å². The van der Waals surface area contributed by atoms with Crippen LogP contribution in [0.5, 0.6) is 0 Å². The summed E-state index contributed by atoms with van der Waals surface area (Å²) in [6, 6.07) is 10.5.